The lowest BCUT2D eigenvalue weighted by atomic mass is 10.4. The van der Waals surface area contributed by atoms with Crippen LogP contribution in [-0.4, -0.2) is 22.1 Å². The summed E-state index contributed by atoms with van der Waals surface area (Å²) in [6.07, 6.45) is 6.08. The van der Waals surface area contributed by atoms with Gasteiger partial charge >= 0.3 is 5.97 Å². The van der Waals surface area contributed by atoms with Crippen molar-refractivity contribution in [3.05, 3.63) is 43.0 Å². The van der Waals surface area contributed by atoms with Gasteiger partial charge in [-0.25, -0.2) is 9.78 Å². The number of imidazole rings is 1. The Bertz CT molecular complexity index is 393. The Morgan fingerprint density at radius 1 is 1.69 bits per heavy atom. The predicted molar refractivity (Wildman–Crippen MR) is 61.9 cm³/mol. The summed E-state index contributed by atoms with van der Waals surface area (Å²) >= 11 is 0. The van der Waals surface area contributed by atoms with Gasteiger partial charge in [0.2, 0.25) is 0 Å². The number of esters is 1. The third kappa shape index (κ3) is 3.38. The van der Waals surface area contributed by atoms with E-state index in [9.17, 15) is 4.79 Å². The molecule has 0 aliphatic heterocycles. The van der Waals surface area contributed by atoms with E-state index in [0.29, 0.717) is 25.1 Å². The highest BCUT2D eigenvalue weighted by atomic mass is 16.5. The van der Waals surface area contributed by atoms with Crippen molar-refractivity contribution >= 4 is 5.97 Å². The minimum atomic E-state index is -0.356. The van der Waals surface area contributed by atoms with E-state index in [1.807, 2.05) is 10.8 Å². The second-order valence-corrected chi connectivity index (χ2v) is 3.45. The third-order valence-electron chi connectivity index (χ3n) is 2.04. The Morgan fingerprint density at radius 2 is 2.44 bits per heavy atom. The molecule has 0 aliphatic rings. The van der Waals surface area contributed by atoms with E-state index in [-0.39, 0.29) is 5.97 Å². The van der Waals surface area contributed by atoms with Gasteiger partial charge in [0.05, 0.1) is 6.54 Å². The highest BCUT2D eigenvalue weighted by molar-refractivity contribution is 5.86. The van der Waals surface area contributed by atoms with Crippen molar-refractivity contribution in [2.75, 3.05) is 6.61 Å². The molecule has 4 heteroatoms. The van der Waals surface area contributed by atoms with Gasteiger partial charge in [-0.2, -0.15) is 0 Å². The monoisotopic (exact) mass is 220 g/mol. The van der Waals surface area contributed by atoms with E-state index in [4.69, 9.17) is 4.74 Å². The van der Waals surface area contributed by atoms with Gasteiger partial charge in [-0.05, 0) is 6.92 Å². The average molecular weight is 220 g/mol. The van der Waals surface area contributed by atoms with Crippen molar-refractivity contribution in [2.45, 2.75) is 19.9 Å². The standard InChI is InChI=1S/C12H16N2O2/c1-4-5-11-13-6-7-14(11)8-9-16-12(15)10(2)3/h4,6-7H,1-2,5,8-9H2,3H3. The molecule has 0 spiro atoms. The molecule has 0 bridgehead atoms. The lowest BCUT2D eigenvalue weighted by molar-refractivity contribution is -0.139. The first-order chi connectivity index (χ1) is 7.65. The molecule has 0 aromatic carbocycles. The van der Waals surface area contributed by atoms with E-state index in [1.54, 1.807) is 19.2 Å². The molecular formula is C12H16N2O2. The fourth-order valence-corrected chi connectivity index (χ4v) is 1.22. The van der Waals surface area contributed by atoms with Crippen LogP contribution in [0.1, 0.15) is 12.7 Å². The van der Waals surface area contributed by atoms with Crippen LogP contribution >= 0.6 is 0 Å². The molecule has 0 aliphatic carbocycles. The molecule has 0 N–H and O–H groups in total. The van der Waals surface area contributed by atoms with Crippen LogP contribution in [0.25, 0.3) is 0 Å². The summed E-state index contributed by atoms with van der Waals surface area (Å²) in [5.74, 6) is 0.562. The maximum Gasteiger partial charge on any atom is 0.333 e. The van der Waals surface area contributed by atoms with Gasteiger partial charge in [-0.3, -0.25) is 0 Å². The first-order valence-corrected chi connectivity index (χ1v) is 5.08. The number of carbonyl (C=O) groups is 1. The second-order valence-electron chi connectivity index (χ2n) is 3.45. The van der Waals surface area contributed by atoms with Crippen LogP contribution in [0.3, 0.4) is 0 Å². The Kier molecular flexibility index (Phi) is 4.51. The number of hydrogen-bond acceptors (Lipinski definition) is 3. The van der Waals surface area contributed by atoms with Gasteiger partial charge < -0.3 is 9.30 Å². The fraction of sp³-hybridized carbons (Fsp3) is 0.333. The highest BCUT2D eigenvalue weighted by Crippen LogP contribution is 2.00. The number of aromatic nitrogens is 2. The molecule has 1 aromatic rings. The van der Waals surface area contributed by atoms with Gasteiger partial charge in [0.25, 0.3) is 0 Å². The largest absolute Gasteiger partial charge is 0.460 e. The van der Waals surface area contributed by atoms with Gasteiger partial charge in [-0.15, -0.1) is 6.58 Å². The predicted octanol–water partition coefficient (Wildman–Crippen LogP) is 1.73. The number of rotatable bonds is 6. The second kappa shape index (κ2) is 5.90. The van der Waals surface area contributed by atoms with Crippen molar-refractivity contribution in [3.8, 4) is 0 Å². The molecular weight excluding hydrogens is 204 g/mol. The first-order valence-electron chi connectivity index (χ1n) is 5.08. The van der Waals surface area contributed by atoms with E-state index in [1.165, 1.54) is 0 Å². The van der Waals surface area contributed by atoms with Gasteiger partial charge in [0.15, 0.2) is 0 Å². The maximum absolute atomic E-state index is 11.1. The molecule has 0 fully saturated rings. The van der Waals surface area contributed by atoms with Crippen molar-refractivity contribution < 1.29 is 9.53 Å². The summed E-state index contributed by atoms with van der Waals surface area (Å²) < 4.78 is 6.93. The van der Waals surface area contributed by atoms with Crippen molar-refractivity contribution in [3.63, 3.8) is 0 Å². The third-order valence-corrected chi connectivity index (χ3v) is 2.04. The molecule has 0 atom stereocenters. The minimum Gasteiger partial charge on any atom is -0.460 e. The lowest BCUT2D eigenvalue weighted by Crippen LogP contribution is -2.12. The van der Waals surface area contributed by atoms with Crippen LogP contribution in [-0.2, 0) is 22.5 Å². The van der Waals surface area contributed by atoms with Crippen LogP contribution in [0.5, 0.6) is 0 Å². The molecule has 0 unspecified atom stereocenters. The normalized spacial score (nSPS) is 9.81. The van der Waals surface area contributed by atoms with Gasteiger partial charge in [0.1, 0.15) is 12.4 Å². The smallest absolute Gasteiger partial charge is 0.333 e. The summed E-state index contributed by atoms with van der Waals surface area (Å²) in [5, 5.41) is 0. The first kappa shape index (κ1) is 12.2. The van der Waals surface area contributed by atoms with Crippen LogP contribution in [0.15, 0.2) is 37.2 Å². The van der Waals surface area contributed by atoms with Crippen LogP contribution in [0, 0.1) is 0 Å². The summed E-state index contributed by atoms with van der Waals surface area (Å²) in [6, 6.07) is 0. The van der Waals surface area contributed by atoms with Gasteiger partial charge in [-0.1, -0.05) is 12.7 Å². The van der Waals surface area contributed by atoms with E-state index < -0.39 is 0 Å². The number of carbonyl (C=O) groups excluding carboxylic acids is 1. The average Bonchev–Trinajstić information content (AvgIpc) is 2.66. The molecule has 0 saturated heterocycles. The molecule has 0 radical (unpaired) electrons. The summed E-state index contributed by atoms with van der Waals surface area (Å²) in [4.78, 5) is 15.3. The zero-order valence-corrected chi connectivity index (χ0v) is 9.48. The molecule has 1 aromatic heterocycles. The Labute approximate surface area is 95.3 Å². The number of nitrogens with zero attached hydrogens (tertiary/aromatic N) is 2. The summed E-state index contributed by atoms with van der Waals surface area (Å²) in [5.41, 5.74) is 0.414. The number of ether oxygens (including phenoxy) is 1. The Morgan fingerprint density at radius 3 is 3.06 bits per heavy atom. The SMILES string of the molecule is C=CCc1nccn1CCOC(=O)C(=C)C. The van der Waals surface area contributed by atoms with Crippen molar-refractivity contribution in [2.24, 2.45) is 0 Å². The zero-order valence-electron chi connectivity index (χ0n) is 9.48. The summed E-state index contributed by atoms with van der Waals surface area (Å²) in [7, 11) is 0. The zero-order chi connectivity index (χ0) is 12.0. The highest BCUT2D eigenvalue weighted by Gasteiger charge is 2.04. The quantitative estimate of drug-likeness (QED) is 0.416. The molecule has 0 amide bonds. The van der Waals surface area contributed by atoms with Crippen LogP contribution in [0.2, 0.25) is 0 Å². The molecule has 1 rings (SSSR count). The number of hydrogen-bond donors (Lipinski definition) is 0. The number of allylic oxidation sites excluding steroid dienone is 1. The molecule has 16 heavy (non-hydrogen) atoms. The topological polar surface area (TPSA) is 44.1 Å². The Balaban J connectivity index is 2.42. The molecule has 86 valence electrons. The fourth-order valence-electron chi connectivity index (χ4n) is 1.22. The Hall–Kier alpha value is -1.84. The van der Waals surface area contributed by atoms with Crippen LogP contribution < -0.4 is 0 Å². The molecule has 0 saturated carbocycles. The maximum atomic E-state index is 11.1. The van der Waals surface area contributed by atoms with E-state index in [0.717, 1.165) is 5.82 Å². The van der Waals surface area contributed by atoms with E-state index in [2.05, 4.69) is 18.1 Å². The lowest BCUT2D eigenvalue weighted by Gasteiger charge is -2.07. The minimum absolute atomic E-state index is 0.326. The van der Waals surface area contributed by atoms with Crippen molar-refractivity contribution in [1.29, 1.82) is 0 Å². The van der Waals surface area contributed by atoms with E-state index >= 15 is 0 Å². The summed E-state index contributed by atoms with van der Waals surface area (Å²) in [6.45, 7) is 9.72. The molecule has 4 nitrogen and oxygen atoms in total. The van der Waals surface area contributed by atoms with Gasteiger partial charge in [0, 0.05) is 24.4 Å². The van der Waals surface area contributed by atoms with Crippen molar-refractivity contribution in [1.82, 2.24) is 9.55 Å². The van der Waals surface area contributed by atoms with Crippen LogP contribution in [0.4, 0.5) is 0 Å². The molecule has 1 heterocycles.